The highest BCUT2D eigenvalue weighted by atomic mass is 35.5. The van der Waals surface area contributed by atoms with Gasteiger partial charge in [0.25, 0.3) is 5.91 Å². The van der Waals surface area contributed by atoms with Crippen LogP contribution in [-0.2, 0) is 6.54 Å². The number of nitrogens with zero attached hydrogens (tertiary/aromatic N) is 2. The number of halogens is 1. The third-order valence-corrected chi connectivity index (χ3v) is 4.52. The molecule has 1 heterocycles. The Kier molecular flexibility index (Phi) is 7.52. The average molecular weight is 340 g/mol. The van der Waals surface area contributed by atoms with Gasteiger partial charge in [0.2, 0.25) is 0 Å². The maximum Gasteiger partial charge on any atom is 0.253 e. The van der Waals surface area contributed by atoms with Crippen molar-refractivity contribution in [2.24, 2.45) is 5.41 Å². The molecular formula is C18H30ClN3O. The molecule has 2 rings (SSSR count). The minimum absolute atomic E-state index is 0. The van der Waals surface area contributed by atoms with Crippen LogP contribution < -0.4 is 5.32 Å². The van der Waals surface area contributed by atoms with Crippen LogP contribution in [0.3, 0.4) is 0 Å². The summed E-state index contributed by atoms with van der Waals surface area (Å²) in [6.45, 7) is 9.95. The number of hydrogen-bond donors (Lipinski definition) is 1. The van der Waals surface area contributed by atoms with Crippen LogP contribution in [-0.4, -0.2) is 56.0 Å². The quantitative estimate of drug-likeness (QED) is 0.865. The van der Waals surface area contributed by atoms with Gasteiger partial charge < -0.3 is 10.2 Å². The van der Waals surface area contributed by atoms with Crippen LogP contribution >= 0.6 is 12.4 Å². The van der Waals surface area contributed by atoms with Crippen LogP contribution in [0.5, 0.6) is 0 Å². The number of carbonyl (C=O) groups excluding carboxylic acids is 1. The molecule has 1 fully saturated rings. The van der Waals surface area contributed by atoms with Gasteiger partial charge in [0.1, 0.15) is 0 Å². The molecule has 1 N–H and O–H groups in total. The molecule has 130 valence electrons. The SMILES string of the molecule is CCN(Cc1ccc(C(=O)N(C)C)cc1)CC1(C)CCNC1.Cl. The Bertz CT molecular complexity index is 495. The number of rotatable bonds is 6. The van der Waals surface area contributed by atoms with Crippen LogP contribution in [0.1, 0.15) is 36.2 Å². The molecule has 1 amide bonds. The molecule has 1 aromatic rings. The fraction of sp³-hybridized carbons (Fsp3) is 0.611. The van der Waals surface area contributed by atoms with Gasteiger partial charge in [-0.2, -0.15) is 0 Å². The molecule has 1 saturated heterocycles. The highest BCUT2D eigenvalue weighted by Gasteiger charge is 2.30. The Morgan fingerprint density at radius 2 is 1.91 bits per heavy atom. The average Bonchev–Trinajstić information content (AvgIpc) is 2.93. The fourth-order valence-electron chi connectivity index (χ4n) is 3.09. The molecule has 0 aliphatic carbocycles. The van der Waals surface area contributed by atoms with Crippen molar-refractivity contribution in [1.29, 1.82) is 0 Å². The maximum atomic E-state index is 11.9. The van der Waals surface area contributed by atoms with E-state index in [9.17, 15) is 4.79 Å². The van der Waals surface area contributed by atoms with Crippen molar-refractivity contribution in [1.82, 2.24) is 15.1 Å². The zero-order valence-electron chi connectivity index (χ0n) is 14.8. The maximum absolute atomic E-state index is 11.9. The zero-order chi connectivity index (χ0) is 16.2. The molecule has 1 aromatic carbocycles. The second kappa shape index (κ2) is 8.67. The van der Waals surface area contributed by atoms with Crippen LogP contribution in [0.15, 0.2) is 24.3 Å². The van der Waals surface area contributed by atoms with E-state index in [-0.39, 0.29) is 18.3 Å². The summed E-state index contributed by atoms with van der Waals surface area (Å²) in [6, 6.07) is 8.03. The van der Waals surface area contributed by atoms with Crippen molar-refractivity contribution in [3.8, 4) is 0 Å². The normalized spacial score (nSPS) is 20.4. The van der Waals surface area contributed by atoms with Crippen molar-refractivity contribution >= 4 is 18.3 Å². The minimum atomic E-state index is 0. The zero-order valence-corrected chi connectivity index (χ0v) is 15.6. The lowest BCUT2D eigenvalue weighted by Gasteiger charge is -2.31. The van der Waals surface area contributed by atoms with Gasteiger partial charge in [-0.1, -0.05) is 26.0 Å². The summed E-state index contributed by atoms with van der Waals surface area (Å²) in [5.41, 5.74) is 2.41. The van der Waals surface area contributed by atoms with E-state index in [1.807, 2.05) is 12.1 Å². The Hall–Kier alpha value is -1.10. The van der Waals surface area contributed by atoms with E-state index < -0.39 is 0 Å². The van der Waals surface area contributed by atoms with E-state index in [0.717, 1.165) is 38.3 Å². The Balaban J connectivity index is 0.00000264. The van der Waals surface area contributed by atoms with Gasteiger partial charge in [-0.25, -0.2) is 0 Å². The molecule has 1 aliphatic heterocycles. The van der Waals surface area contributed by atoms with Crippen molar-refractivity contribution < 1.29 is 4.79 Å². The summed E-state index contributed by atoms with van der Waals surface area (Å²) in [7, 11) is 3.57. The Morgan fingerprint density at radius 3 is 2.39 bits per heavy atom. The summed E-state index contributed by atoms with van der Waals surface area (Å²) in [4.78, 5) is 16.0. The highest BCUT2D eigenvalue weighted by Crippen LogP contribution is 2.26. The standard InChI is InChI=1S/C18H29N3O.ClH/c1-5-21(14-18(2)10-11-19-13-18)12-15-6-8-16(9-7-15)17(22)20(3)4;/h6-9,19H,5,10-14H2,1-4H3;1H. The largest absolute Gasteiger partial charge is 0.345 e. The minimum Gasteiger partial charge on any atom is -0.345 e. The first-order valence-electron chi connectivity index (χ1n) is 8.17. The van der Waals surface area contributed by atoms with Gasteiger partial charge in [-0.05, 0) is 42.6 Å². The van der Waals surface area contributed by atoms with Gasteiger partial charge >= 0.3 is 0 Å². The van der Waals surface area contributed by atoms with Gasteiger partial charge in [-0.15, -0.1) is 12.4 Å². The molecule has 0 saturated carbocycles. The molecule has 1 aliphatic rings. The van der Waals surface area contributed by atoms with Gasteiger partial charge in [0.15, 0.2) is 0 Å². The molecule has 23 heavy (non-hydrogen) atoms. The monoisotopic (exact) mass is 339 g/mol. The van der Waals surface area contributed by atoms with E-state index in [1.165, 1.54) is 12.0 Å². The molecule has 0 spiro atoms. The van der Waals surface area contributed by atoms with Crippen molar-refractivity contribution in [2.75, 3.05) is 40.3 Å². The Morgan fingerprint density at radius 1 is 1.26 bits per heavy atom. The van der Waals surface area contributed by atoms with Crippen molar-refractivity contribution in [3.05, 3.63) is 35.4 Å². The molecule has 1 unspecified atom stereocenters. The molecule has 4 nitrogen and oxygen atoms in total. The number of carbonyl (C=O) groups is 1. The van der Waals surface area contributed by atoms with E-state index in [2.05, 4.69) is 36.2 Å². The molecule has 0 radical (unpaired) electrons. The number of hydrogen-bond acceptors (Lipinski definition) is 3. The summed E-state index contributed by atoms with van der Waals surface area (Å²) in [5.74, 6) is 0.0587. The fourth-order valence-corrected chi connectivity index (χ4v) is 3.09. The Labute approximate surface area is 146 Å². The van der Waals surface area contributed by atoms with Crippen LogP contribution in [0.4, 0.5) is 0 Å². The molecule has 0 bridgehead atoms. The second-order valence-electron chi connectivity index (χ2n) is 6.94. The van der Waals surface area contributed by atoms with E-state index in [4.69, 9.17) is 0 Å². The predicted molar refractivity (Wildman–Crippen MR) is 98.3 cm³/mol. The molecular weight excluding hydrogens is 310 g/mol. The van der Waals surface area contributed by atoms with Crippen LogP contribution in [0.2, 0.25) is 0 Å². The smallest absolute Gasteiger partial charge is 0.253 e. The number of amides is 1. The molecule has 5 heteroatoms. The lowest BCUT2D eigenvalue weighted by Crippen LogP contribution is -2.37. The molecule has 1 atom stereocenters. The van der Waals surface area contributed by atoms with E-state index in [1.54, 1.807) is 19.0 Å². The highest BCUT2D eigenvalue weighted by molar-refractivity contribution is 5.93. The van der Waals surface area contributed by atoms with Crippen LogP contribution in [0.25, 0.3) is 0 Å². The lowest BCUT2D eigenvalue weighted by molar-refractivity contribution is 0.0827. The van der Waals surface area contributed by atoms with Crippen LogP contribution in [0, 0.1) is 5.41 Å². The third kappa shape index (κ3) is 5.48. The van der Waals surface area contributed by atoms with Gasteiger partial charge in [-0.3, -0.25) is 9.69 Å². The first-order chi connectivity index (χ1) is 10.4. The van der Waals surface area contributed by atoms with Crippen molar-refractivity contribution in [2.45, 2.75) is 26.8 Å². The van der Waals surface area contributed by atoms with Crippen molar-refractivity contribution in [3.63, 3.8) is 0 Å². The van der Waals surface area contributed by atoms with E-state index >= 15 is 0 Å². The van der Waals surface area contributed by atoms with E-state index in [0.29, 0.717) is 5.41 Å². The summed E-state index contributed by atoms with van der Waals surface area (Å²) < 4.78 is 0. The first kappa shape index (κ1) is 19.9. The lowest BCUT2D eigenvalue weighted by atomic mass is 9.89. The summed E-state index contributed by atoms with van der Waals surface area (Å²) in [6.07, 6.45) is 1.25. The van der Waals surface area contributed by atoms with Gasteiger partial charge in [0, 0.05) is 39.3 Å². The topological polar surface area (TPSA) is 35.6 Å². The second-order valence-corrected chi connectivity index (χ2v) is 6.94. The molecule has 0 aromatic heterocycles. The first-order valence-corrected chi connectivity index (χ1v) is 8.17. The predicted octanol–water partition coefficient (Wildman–Crippen LogP) is 2.63. The summed E-state index contributed by atoms with van der Waals surface area (Å²) in [5, 5.41) is 3.47. The van der Waals surface area contributed by atoms with Gasteiger partial charge in [0.05, 0.1) is 0 Å². The summed E-state index contributed by atoms with van der Waals surface area (Å²) >= 11 is 0. The third-order valence-electron chi connectivity index (χ3n) is 4.52. The number of benzene rings is 1. The number of nitrogens with one attached hydrogen (secondary N) is 1.